The zero-order chi connectivity index (χ0) is 25.7. The number of nitrogens with zero attached hydrogens (tertiary/aromatic N) is 1. The molecule has 1 aliphatic rings. The van der Waals surface area contributed by atoms with Gasteiger partial charge >= 0.3 is 12.0 Å². The van der Waals surface area contributed by atoms with E-state index in [1.54, 1.807) is 21.1 Å². The van der Waals surface area contributed by atoms with Crippen LogP contribution in [-0.4, -0.2) is 50.3 Å². The smallest absolute Gasteiger partial charge is 0.339 e. The predicted molar refractivity (Wildman–Crippen MR) is 135 cm³/mol. The van der Waals surface area contributed by atoms with Crippen molar-refractivity contribution in [1.82, 2.24) is 15.6 Å². The van der Waals surface area contributed by atoms with Crippen molar-refractivity contribution in [2.75, 3.05) is 27.4 Å². The summed E-state index contributed by atoms with van der Waals surface area (Å²) in [5, 5.41) is 5.22. The molecular weight excluding hydrogens is 462 g/mol. The Balaban J connectivity index is 1.66. The summed E-state index contributed by atoms with van der Waals surface area (Å²) in [5.41, 5.74) is 4.42. The number of carbonyl (C=O) groups is 3. The lowest BCUT2D eigenvalue weighted by Crippen LogP contribution is -2.41. The standard InChI is InChI=1S/C27H27N3O6/c1-4-28-27(33)30-23(31)15-36-26(32)24-18-7-5-6-8-20(18)29-25-17(10-11-19(24)25)13-16-9-12-21(34-2)22(14-16)35-3/h5-9,12-14H,4,10-11,15H2,1-3H3,(H2,28,30,31,33)/b17-13+. The van der Waals surface area contributed by atoms with Gasteiger partial charge in [0.1, 0.15) is 0 Å². The van der Waals surface area contributed by atoms with E-state index in [4.69, 9.17) is 19.2 Å². The number of hydrogen-bond donors (Lipinski definition) is 2. The number of esters is 1. The number of pyridine rings is 1. The number of carbonyl (C=O) groups excluding carboxylic acids is 3. The normalized spacial score (nSPS) is 13.2. The lowest BCUT2D eigenvalue weighted by molar-refractivity contribution is -0.123. The largest absolute Gasteiger partial charge is 0.493 e. The van der Waals surface area contributed by atoms with Crippen LogP contribution in [0.25, 0.3) is 22.6 Å². The van der Waals surface area contributed by atoms with E-state index in [1.165, 1.54) is 0 Å². The summed E-state index contributed by atoms with van der Waals surface area (Å²) in [6.07, 6.45) is 3.30. The van der Waals surface area contributed by atoms with Crippen molar-refractivity contribution in [3.63, 3.8) is 0 Å². The van der Waals surface area contributed by atoms with E-state index in [-0.39, 0.29) is 0 Å². The quantitative estimate of drug-likeness (QED) is 0.486. The molecule has 1 aliphatic carbocycles. The number of urea groups is 1. The summed E-state index contributed by atoms with van der Waals surface area (Å²) in [7, 11) is 3.17. The fraction of sp³-hybridized carbons (Fsp3) is 0.259. The number of amides is 3. The fourth-order valence-electron chi connectivity index (χ4n) is 4.23. The van der Waals surface area contributed by atoms with E-state index in [9.17, 15) is 14.4 Å². The van der Waals surface area contributed by atoms with Crippen LogP contribution < -0.4 is 20.1 Å². The minimum absolute atomic E-state index is 0.368. The zero-order valence-electron chi connectivity index (χ0n) is 20.3. The molecule has 186 valence electrons. The Morgan fingerprint density at radius 3 is 2.56 bits per heavy atom. The molecule has 0 aliphatic heterocycles. The van der Waals surface area contributed by atoms with E-state index in [2.05, 4.69) is 10.6 Å². The third kappa shape index (κ3) is 5.14. The molecule has 4 rings (SSSR count). The van der Waals surface area contributed by atoms with Crippen molar-refractivity contribution < 1.29 is 28.6 Å². The van der Waals surface area contributed by atoms with Crippen molar-refractivity contribution in [3.05, 3.63) is 64.8 Å². The van der Waals surface area contributed by atoms with Crippen LogP contribution in [0.3, 0.4) is 0 Å². The highest BCUT2D eigenvalue weighted by atomic mass is 16.5. The maximum atomic E-state index is 13.2. The molecule has 0 unspecified atom stereocenters. The third-order valence-electron chi connectivity index (χ3n) is 5.82. The number of hydrogen-bond acceptors (Lipinski definition) is 7. The first-order valence-electron chi connectivity index (χ1n) is 11.5. The molecule has 0 saturated carbocycles. The molecule has 3 aromatic rings. The van der Waals surface area contributed by atoms with Crippen LogP contribution in [0.15, 0.2) is 42.5 Å². The Morgan fingerprint density at radius 1 is 1.03 bits per heavy atom. The molecule has 0 saturated heterocycles. The molecule has 0 bridgehead atoms. The second kappa shape index (κ2) is 10.9. The molecule has 1 heterocycles. The third-order valence-corrected chi connectivity index (χ3v) is 5.82. The minimum atomic E-state index is -0.710. The molecule has 2 aromatic carbocycles. The van der Waals surface area contributed by atoms with Gasteiger partial charge in [-0.2, -0.15) is 0 Å². The Hall–Kier alpha value is -4.40. The van der Waals surface area contributed by atoms with E-state index >= 15 is 0 Å². The summed E-state index contributed by atoms with van der Waals surface area (Å²) >= 11 is 0. The highest BCUT2D eigenvalue weighted by molar-refractivity contribution is 6.08. The fourth-order valence-corrected chi connectivity index (χ4v) is 4.23. The Morgan fingerprint density at radius 2 is 1.81 bits per heavy atom. The van der Waals surface area contributed by atoms with Gasteiger partial charge in [-0.25, -0.2) is 14.6 Å². The molecular formula is C27H27N3O6. The maximum absolute atomic E-state index is 13.2. The summed E-state index contributed by atoms with van der Waals surface area (Å²) in [6.45, 7) is 1.52. The number of imide groups is 1. The van der Waals surface area contributed by atoms with Crippen LogP contribution in [0.2, 0.25) is 0 Å². The number of fused-ring (bicyclic) bond motifs is 2. The Bertz CT molecular complexity index is 1370. The van der Waals surface area contributed by atoms with Crippen molar-refractivity contribution in [1.29, 1.82) is 0 Å². The Labute approximate surface area is 208 Å². The lowest BCUT2D eigenvalue weighted by atomic mass is 10.0. The second-order valence-electron chi connectivity index (χ2n) is 8.10. The van der Waals surface area contributed by atoms with E-state index < -0.39 is 24.5 Å². The molecule has 0 spiro atoms. The van der Waals surface area contributed by atoms with Gasteiger partial charge < -0.3 is 19.5 Å². The summed E-state index contributed by atoms with van der Waals surface area (Å²) in [6, 6.07) is 12.3. The van der Waals surface area contributed by atoms with Crippen LogP contribution >= 0.6 is 0 Å². The van der Waals surface area contributed by atoms with Crippen LogP contribution in [0.4, 0.5) is 4.79 Å². The van der Waals surface area contributed by atoms with E-state index in [0.29, 0.717) is 47.4 Å². The average molecular weight is 490 g/mol. The highest BCUT2D eigenvalue weighted by Crippen LogP contribution is 2.38. The Kier molecular flexibility index (Phi) is 7.48. The number of methoxy groups -OCH3 is 2. The molecule has 9 heteroatoms. The SMILES string of the molecule is CCNC(=O)NC(=O)COC(=O)c1c2c(nc3ccccc13)/C(=C/c1ccc(OC)c(OC)c1)CC2. The van der Waals surface area contributed by atoms with Gasteiger partial charge in [-0.15, -0.1) is 0 Å². The first kappa shape index (κ1) is 24.7. The van der Waals surface area contributed by atoms with E-state index in [0.717, 1.165) is 22.4 Å². The molecule has 3 amide bonds. The molecule has 2 N–H and O–H groups in total. The van der Waals surface area contributed by atoms with Gasteiger partial charge in [0.2, 0.25) is 0 Å². The van der Waals surface area contributed by atoms with Crippen LogP contribution in [0.1, 0.15) is 40.5 Å². The summed E-state index contributed by atoms with van der Waals surface area (Å²) < 4.78 is 16.0. The maximum Gasteiger partial charge on any atom is 0.339 e. The van der Waals surface area contributed by atoms with Crippen LogP contribution in [-0.2, 0) is 16.0 Å². The number of ether oxygens (including phenoxy) is 3. The number of aromatic nitrogens is 1. The molecule has 0 radical (unpaired) electrons. The highest BCUT2D eigenvalue weighted by Gasteiger charge is 2.28. The summed E-state index contributed by atoms with van der Waals surface area (Å²) in [4.78, 5) is 41.6. The van der Waals surface area contributed by atoms with Crippen molar-refractivity contribution in [2.45, 2.75) is 19.8 Å². The van der Waals surface area contributed by atoms with E-state index in [1.807, 2.05) is 48.5 Å². The summed E-state index contributed by atoms with van der Waals surface area (Å²) in [5.74, 6) is -0.0925. The molecule has 1 aromatic heterocycles. The van der Waals surface area contributed by atoms with Gasteiger partial charge in [0.25, 0.3) is 5.91 Å². The average Bonchev–Trinajstić information content (AvgIpc) is 3.27. The van der Waals surface area contributed by atoms with Gasteiger partial charge in [0.15, 0.2) is 18.1 Å². The number of benzene rings is 2. The number of rotatable bonds is 7. The van der Waals surface area contributed by atoms with Crippen molar-refractivity contribution in [2.24, 2.45) is 0 Å². The molecule has 0 atom stereocenters. The van der Waals surface area contributed by atoms with Gasteiger partial charge in [-0.05, 0) is 60.7 Å². The lowest BCUT2D eigenvalue weighted by Gasteiger charge is -2.12. The topological polar surface area (TPSA) is 116 Å². The number of para-hydroxylation sites is 1. The van der Waals surface area contributed by atoms with Crippen molar-refractivity contribution in [3.8, 4) is 11.5 Å². The molecule has 0 fully saturated rings. The molecule has 36 heavy (non-hydrogen) atoms. The predicted octanol–water partition coefficient (Wildman–Crippen LogP) is 3.74. The minimum Gasteiger partial charge on any atom is -0.493 e. The van der Waals surface area contributed by atoms with Crippen molar-refractivity contribution >= 4 is 40.5 Å². The monoisotopic (exact) mass is 489 g/mol. The zero-order valence-corrected chi connectivity index (χ0v) is 20.3. The first-order valence-corrected chi connectivity index (χ1v) is 11.5. The number of nitrogens with one attached hydrogen (secondary N) is 2. The van der Waals surface area contributed by atoms with Crippen LogP contribution in [0, 0.1) is 0 Å². The first-order chi connectivity index (χ1) is 17.4. The molecule has 9 nitrogen and oxygen atoms in total. The van der Waals surface area contributed by atoms with Gasteiger partial charge in [0.05, 0.1) is 31.0 Å². The van der Waals surface area contributed by atoms with Gasteiger partial charge in [-0.3, -0.25) is 10.1 Å². The second-order valence-corrected chi connectivity index (χ2v) is 8.10. The van der Waals surface area contributed by atoms with Gasteiger partial charge in [0, 0.05) is 11.9 Å². The van der Waals surface area contributed by atoms with Gasteiger partial charge in [-0.1, -0.05) is 24.3 Å². The van der Waals surface area contributed by atoms with Crippen LogP contribution in [0.5, 0.6) is 11.5 Å². The number of allylic oxidation sites excluding steroid dienone is 1.